The molecule has 0 spiro atoms. The van der Waals surface area contributed by atoms with Crippen LogP contribution in [0.15, 0.2) is 126 Å². The number of hydrogen-bond donors (Lipinski definition) is 0. The lowest BCUT2D eigenvalue weighted by Gasteiger charge is -2.32. The van der Waals surface area contributed by atoms with Crippen molar-refractivity contribution in [2.45, 2.75) is 4.90 Å². The smallest absolute Gasteiger partial charge is 0.294 e. The SMILES string of the molecule is O=S(=O)(O[Si](c1ccccc1)(c1ccccc1)c1ccccc1)c1ccccc1. The molecule has 0 amide bonds. The zero-order chi connectivity index (χ0) is 20.2. The Kier molecular flexibility index (Phi) is 5.44. The van der Waals surface area contributed by atoms with Crippen LogP contribution < -0.4 is 15.6 Å². The van der Waals surface area contributed by atoms with E-state index in [0.717, 1.165) is 15.6 Å². The van der Waals surface area contributed by atoms with E-state index in [1.807, 2.05) is 91.0 Å². The molecule has 0 atom stereocenters. The maximum Gasteiger partial charge on any atom is 0.310 e. The van der Waals surface area contributed by atoms with Crippen molar-refractivity contribution in [2.75, 3.05) is 0 Å². The van der Waals surface area contributed by atoms with E-state index >= 15 is 0 Å². The molecule has 0 fully saturated rings. The Labute approximate surface area is 172 Å². The first-order valence-electron chi connectivity index (χ1n) is 9.30. The Hall–Kier alpha value is -2.99. The zero-order valence-corrected chi connectivity index (χ0v) is 17.5. The van der Waals surface area contributed by atoms with Crippen LogP contribution in [0.4, 0.5) is 0 Å². The second-order valence-electron chi connectivity index (χ2n) is 6.63. The molecule has 144 valence electrons. The van der Waals surface area contributed by atoms with Crippen LogP contribution in [0.3, 0.4) is 0 Å². The van der Waals surface area contributed by atoms with Gasteiger partial charge in [-0.1, -0.05) is 109 Å². The highest BCUT2D eigenvalue weighted by molar-refractivity contribution is 7.88. The average molecular weight is 417 g/mol. The predicted molar refractivity (Wildman–Crippen MR) is 119 cm³/mol. The summed E-state index contributed by atoms with van der Waals surface area (Å²) < 4.78 is 33.0. The van der Waals surface area contributed by atoms with Crippen molar-refractivity contribution in [3.8, 4) is 0 Å². The van der Waals surface area contributed by atoms with E-state index in [1.165, 1.54) is 0 Å². The molecule has 0 bridgehead atoms. The van der Waals surface area contributed by atoms with Crippen LogP contribution in [-0.2, 0) is 14.0 Å². The summed E-state index contributed by atoms with van der Waals surface area (Å²) in [7, 11) is -7.33. The Morgan fingerprint density at radius 1 is 0.483 bits per heavy atom. The summed E-state index contributed by atoms with van der Waals surface area (Å²) in [4.78, 5) is 0.152. The summed E-state index contributed by atoms with van der Waals surface area (Å²) in [5.74, 6) is 0. The molecule has 4 rings (SSSR count). The minimum absolute atomic E-state index is 0.152. The van der Waals surface area contributed by atoms with Crippen LogP contribution in [0.5, 0.6) is 0 Å². The quantitative estimate of drug-likeness (QED) is 0.358. The van der Waals surface area contributed by atoms with E-state index in [4.69, 9.17) is 3.87 Å². The van der Waals surface area contributed by atoms with Gasteiger partial charge < -0.3 is 0 Å². The lowest BCUT2D eigenvalue weighted by molar-refractivity contribution is 0.493. The Balaban J connectivity index is 2.01. The second kappa shape index (κ2) is 8.17. The first-order chi connectivity index (χ1) is 14.1. The maximum atomic E-state index is 13.4. The van der Waals surface area contributed by atoms with Crippen molar-refractivity contribution >= 4 is 34.0 Å². The largest absolute Gasteiger partial charge is 0.310 e. The summed E-state index contributed by atoms with van der Waals surface area (Å²) in [6, 6.07) is 37.3. The molecule has 0 saturated heterocycles. The highest BCUT2D eigenvalue weighted by Crippen LogP contribution is 2.19. The molecule has 5 heteroatoms. The molecule has 4 aromatic carbocycles. The molecule has 3 nitrogen and oxygen atoms in total. The summed E-state index contributed by atoms with van der Waals surface area (Å²) >= 11 is 0. The standard InChI is InChI=1S/C24H20O3SSi/c25-28(26,21-13-5-1-6-14-21)27-29(22-15-7-2-8-16-22,23-17-9-3-10-18-23)24-19-11-4-12-20-24/h1-20H. The third-order valence-electron chi connectivity index (χ3n) is 4.81. The minimum atomic E-state index is -4.00. The number of hydrogen-bond acceptors (Lipinski definition) is 3. The molecule has 29 heavy (non-hydrogen) atoms. The average Bonchev–Trinajstić information content (AvgIpc) is 2.80. The lowest BCUT2D eigenvalue weighted by atomic mass is 10.3. The Bertz CT molecular complexity index is 1070. The molecule has 0 unspecified atom stereocenters. The highest BCUT2D eigenvalue weighted by Gasteiger charge is 2.46. The third-order valence-corrected chi connectivity index (χ3v) is 11.0. The van der Waals surface area contributed by atoms with Crippen LogP contribution >= 0.6 is 0 Å². The predicted octanol–water partition coefficient (Wildman–Crippen LogP) is 3.06. The van der Waals surface area contributed by atoms with E-state index in [0.29, 0.717) is 0 Å². The molecule has 0 N–H and O–H groups in total. The van der Waals surface area contributed by atoms with Gasteiger partial charge in [0.2, 0.25) is 0 Å². The van der Waals surface area contributed by atoms with Gasteiger partial charge in [-0.25, -0.2) is 0 Å². The van der Waals surface area contributed by atoms with Crippen molar-refractivity contribution in [3.63, 3.8) is 0 Å². The second-order valence-corrected chi connectivity index (χ2v) is 11.8. The van der Waals surface area contributed by atoms with Crippen molar-refractivity contribution < 1.29 is 12.3 Å². The first-order valence-corrected chi connectivity index (χ1v) is 12.6. The molecule has 4 aromatic rings. The summed E-state index contributed by atoms with van der Waals surface area (Å²) in [5, 5.41) is 2.62. The molecule has 0 aliphatic rings. The van der Waals surface area contributed by atoms with Crippen molar-refractivity contribution in [3.05, 3.63) is 121 Å². The number of rotatable bonds is 6. The van der Waals surface area contributed by atoms with E-state index in [-0.39, 0.29) is 4.90 Å². The van der Waals surface area contributed by atoms with Gasteiger partial charge >= 0.3 is 8.32 Å². The first kappa shape index (κ1) is 19.3. The third kappa shape index (κ3) is 3.80. The van der Waals surface area contributed by atoms with E-state index in [1.54, 1.807) is 30.3 Å². The van der Waals surface area contributed by atoms with Crippen molar-refractivity contribution in [1.29, 1.82) is 0 Å². The van der Waals surface area contributed by atoms with Gasteiger partial charge in [0.25, 0.3) is 10.1 Å². The molecule has 0 saturated carbocycles. The molecular formula is C24H20O3SSi. The molecular weight excluding hydrogens is 396 g/mol. The van der Waals surface area contributed by atoms with E-state index in [2.05, 4.69) is 0 Å². The monoisotopic (exact) mass is 416 g/mol. The topological polar surface area (TPSA) is 43.4 Å². The summed E-state index contributed by atoms with van der Waals surface area (Å²) in [6.45, 7) is 0. The van der Waals surface area contributed by atoms with Gasteiger partial charge in [0.05, 0.1) is 4.90 Å². The van der Waals surface area contributed by atoms with Gasteiger partial charge in [-0.15, -0.1) is 0 Å². The number of benzene rings is 4. The molecule has 0 heterocycles. The fourth-order valence-electron chi connectivity index (χ4n) is 3.46. The van der Waals surface area contributed by atoms with Crippen LogP contribution in [0, 0.1) is 0 Å². The molecule has 0 aliphatic heterocycles. The Morgan fingerprint density at radius 2 is 0.793 bits per heavy atom. The van der Waals surface area contributed by atoms with Gasteiger partial charge in [0.1, 0.15) is 0 Å². The van der Waals surface area contributed by atoms with Crippen molar-refractivity contribution in [1.82, 2.24) is 0 Å². The fourth-order valence-corrected chi connectivity index (χ4v) is 9.79. The van der Waals surface area contributed by atoms with Gasteiger partial charge in [-0.2, -0.15) is 8.42 Å². The summed E-state index contributed by atoms with van der Waals surface area (Å²) in [5.41, 5.74) is 0. The highest BCUT2D eigenvalue weighted by atomic mass is 32.2. The normalized spacial score (nSPS) is 11.9. The van der Waals surface area contributed by atoms with Crippen LogP contribution in [0.1, 0.15) is 0 Å². The van der Waals surface area contributed by atoms with E-state index in [9.17, 15) is 8.42 Å². The molecule has 0 radical (unpaired) electrons. The van der Waals surface area contributed by atoms with Gasteiger partial charge in [0.15, 0.2) is 0 Å². The zero-order valence-electron chi connectivity index (χ0n) is 15.7. The van der Waals surface area contributed by atoms with Crippen molar-refractivity contribution in [2.24, 2.45) is 0 Å². The minimum Gasteiger partial charge on any atom is -0.294 e. The lowest BCUT2D eigenvalue weighted by Crippen LogP contribution is -2.69. The van der Waals surface area contributed by atoms with Gasteiger partial charge in [-0.05, 0) is 27.7 Å². The molecule has 0 aromatic heterocycles. The fraction of sp³-hybridized carbons (Fsp3) is 0. The van der Waals surface area contributed by atoms with Gasteiger partial charge in [-0.3, -0.25) is 3.87 Å². The van der Waals surface area contributed by atoms with Gasteiger partial charge in [0, 0.05) is 0 Å². The Morgan fingerprint density at radius 3 is 1.14 bits per heavy atom. The maximum absolute atomic E-state index is 13.4. The van der Waals surface area contributed by atoms with E-state index < -0.39 is 18.4 Å². The summed E-state index contributed by atoms with van der Waals surface area (Å²) in [6.07, 6.45) is 0. The molecule has 0 aliphatic carbocycles. The van der Waals surface area contributed by atoms with Crippen LogP contribution in [0.2, 0.25) is 0 Å². The van der Waals surface area contributed by atoms with Crippen LogP contribution in [0.25, 0.3) is 0 Å². The van der Waals surface area contributed by atoms with Crippen LogP contribution in [-0.4, -0.2) is 16.7 Å².